The Morgan fingerprint density at radius 1 is 1.08 bits per heavy atom. The summed E-state index contributed by atoms with van der Waals surface area (Å²) in [6.07, 6.45) is 11.0. The predicted octanol–water partition coefficient (Wildman–Crippen LogP) is 3.54. The van der Waals surface area contributed by atoms with Crippen molar-refractivity contribution < 1.29 is 9.47 Å². The Kier molecular flexibility index (Phi) is 10.4. The van der Waals surface area contributed by atoms with Crippen LogP contribution in [0.1, 0.15) is 58.3 Å². The van der Waals surface area contributed by atoms with Crippen LogP contribution in [0.5, 0.6) is 0 Å². The summed E-state index contributed by atoms with van der Waals surface area (Å²) >= 11 is 0. The summed E-state index contributed by atoms with van der Waals surface area (Å²) in [6, 6.07) is 0. The van der Waals surface area contributed by atoms with Gasteiger partial charge in [-0.25, -0.2) is 0 Å². The van der Waals surface area contributed by atoms with Gasteiger partial charge in [0.2, 0.25) is 0 Å². The molecule has 2 aliphatic rings. The Balaban J connectivity index is 1.62. The number of nitrogens with zero attached hydrogens (tertiary/aromatic N) is 2. The molecule has 0 aromatic heterocycles. The second-order valence-electron chi connectivity index (χ2n) is 8.13. The number of unbranched alkanes of at least 4 members (excludes halogenated alkanes) is 1. The topological polar surface area (TPSA) is 46.1 Å². The molecule has 2 rings (SSSR count). The average Bonchev–Trinajstić information content (AvgIpc) is 3.14. The van der Waals surface area contributed by atoms with E-state index in [9.17, 15) is 0 Å². The van der Waals surface area contributed by atoms with Gasteiger partial charge in [0.25, 0.3) is 0 Å². The summed E-state index contributed by atoms with van der Waals surface area (Å²) in [6.45, 7) is 7.73. The first-order valence-corrected chi connectivity index (χ1v) is 10.8. The smallest absolute Gasteiger partial charge is 0.193 e. The minimum Gasteiger partial charge on any atom is -0.382 e. The van der Waals surface area contributed by atoms with Gasteiger partial charge in [-0.2, -0.15) is 0 Å². The van der Waals surface area contributed by atoms with Gasteiger partial charge < -0.3 is 19.7 Å². The standard InChI is InChI=1S/C21H41N3O2/c1-4-5-6-18-7-9-19(10-8-18)15-23-21(22-2)24-12-11-20(16-24)17-26-14-13-25-3/h18-20H,4-17H2,1-3H3,(H,22,23). The van der Waals surface area contributed by atoms with E-state index in [2.05, 4.69) is 22.1 Å². The zero-order valence-electron chi connectivity index (χ0n) is 17.3. The van der Waals surface area contributed by atoms with E-state index in [0.29, 0.717) is 19.1 Å². The molecule has 5 heteroatoms. The van der Waals surface area contributed by atoms with Crippen LogP contribution in [0.4, 0.5) is 0 Å². The van der Waals surface area contributed by atoms with Crippen LogP contribution in [0, 0.1) is 17.8 Å². The highest BCUT2D eigenvalue weighted by Gasteiger charge is 2.26. The second-order valence-corrected chi connectivity index (χ2v) is 8.13. The van der Waals surface area contributed by atoms with Gasteiger partial charge in [-0.3, -0.25) is 4.99 Å². The van der Waals surface area contributed by atoms with Crippen molar-refractivity contribution in [2.24, 2.45) is 22.7 Å². The molecule has 1 saturated heterocycles. The lowest BCUT2D eigenvalue weighted by Crippen LogP contribution is -2.42. The Hall–Kier alpha value is -0.810. The van der Waals surface area contributed by atoms with E-state index in [4.69, 9.17) is 9.47 Å². The van der Waals surface area contributed by atoms with Crippen LogP contribution in [0.2, 0.25) is 0 Å². The summed E-state index contributed by atoms with van der Waals surface area (Å²) in [4.78, 5) is 6.92. The number of ether oxygens (including phenoxy) is 2. The minimum atomic E-state index is 0.611. The molecule has 1 saturated carbocycles. The molecule has 0 bridgehead atoms. The highest BCUT2D eigenvalue weighted by molar-refractivity contribution is 5.80. The molecule has 0 aromatic carbocycles. The van der Waals surface area contributed by atoms with Crippen molar-refractivity contribution in [3.63, 3.8) is 0 Å². The fourth-order valence-corrected chi connectivity index (χ4v) is 4.34. The molecule has 5 nitrogen and oxygen atoms in total. The van der Waals surface area contributed by atoms with Crippen molar-refractivity contribution in [2.45, 2.75) is 58.3 Å². The van der Waals surface area contributed by atoms with E-state index in [1.807, 2.05) is 7.05 Å². The third kappa shape index (κ3) is 7.43. The molecule has 1 atom stereocenters. The van der Waals surface area contributed by atoms with Crippen LogP contribution in [0.15, 0.2) is 4.99 Å². The molecule has 1 heterocycles. The van der Waals surface area contributed by atoms with Gasteiger partial charge in [-0.05, 0) is 31.1 Å². The first-order valence-electron chi connectivity index (χ1n) is 10.8. The van der Waals surface area contributed by atoms with Crippen molar-refractivity contribution in [2.75, 3.05) is 53.6 Å². The molecule has 152 valence electrons. The van der Waals surface area contributed by atoms with E-state index in [1.165, 1.54) is 51.4 Å². The van der Waals surface area contributed by atoms with E-state index < -0.39 is 0 Å². The van der Waals surface area contributed by atoms with Gasteiger partial charge >= 0.3 is 0 Å². The first-order chi connectivity index (χ1) is 12.8. The fraction of sp³-hybridized carbons (Fsp3) is 0.952. The average molecular weight is 368 g/mol. The third-order valence-corrected chi connectivity index (χ3v) is 6.06. The quantitative estimate of drug-likeness (QED) is 0.364. The molecule has 2 fully saturated rings. The van der Waals surface area contributed by atoms with Crippen LogP contribution in [0.25, 0.3) is 0 Å². The molecular weight excluding hydrogens is 326 g/mol. The van der Waals surface area contributed by atoms with Crippen molar-refractivity contribution >= 4 is 5.96 Å². The highest BCUT2D eigenvalue weighted by atomic mass is 16.5. The largest absolute Gasteiger partial charge is 0.382 e. The Morgan fingerprint density at radius 3 is 2.54 bits per heavy atom. The van der Waals surface area contributed by atoms with Gasteiger partial charge in [-0.15, -0.1) is 0 Å². The van der Waals surface area contributed by atoms with Crippen LogP contribution in [0.3, 0.4) is 0 Å². The lowest BCUT2D eigenvalue weighted by molar-refractivity contribution is 0.0536. The van der Waals surface area contributed by atoms with Crippen LogP contribution in [-0.2, 0) is 9.47 Å². The minimum absolute atomic E-state index is 0.611. The molecule has 0 radical (unpaired) electrons. The molecule has 0 aromatic rings. The second kappa shape index (κ2) is 12.6. The lowest BCUT2D eigenvalue weighted by atomic mass is 9.80. The van der Waals surface area contributed by atoms with E-state index >= 15 is 0 Å². The molecular formula is C21H41N3O2. The van der Waals surface area contributed by atoms with Gasteiger partial charge in [0.15, 0.2) is 5.96 Å². The summed E-state index contributed by atoms with van der Waals surface area (Å²) < 4.78 is 10.7. The molecule has 1 aliphatic heterocycles. The Labute approximate surface area is 160 Å². The first kappa shape index (κ1) is 21.5. The van der Waals surface area contributed by atoms with Gasteiger partial charge in [0.05, 0.1) is 19.8 Å². The van der Waals surface area contributed by atoms with Crippen LogP contribution in [-0.4, -0.2) is 64.5 Å². The lowest BCUT2D eigenvalue weighted by Gasteiger charge is -2.30. The zero-order chi connectivity index (χ0) is 18.6. The Morgan fingerprint density at radius 2 is 1.85 bits per heavy atom. The Bertz CT molecular complexity index is 395. The summed E-state index contributed by atoms with van der Waals surface area (Å²) in [7, 11) is 3.63. The molecule has 1 unspecified atom stereocenters. The van der Waals surface area contributed by atoms with Gasteiger partial charge in [0.1, 0.15) is 0 Å². The summed E-state index contributed by atoms with van der Waals surface area (Å²) in [5.41, 5.74) is 0. The third-order valence-electron chi connectivity index (χ3n) is 6.06. The number of guanidine groups is 1. The van der Waals surface area contributed by atoms with E-state index in [1.54, 1.807) is 7.11 Å². The summed E-state index contributed by atoms with van der Waals surface area (Å²) in [5, 5.41) is 3.65. The maximum absolute atomic E-state index is 5.70. The van der Waals surface area contributed by atoms with E-state index in [0.717, 1.165) is 44.0 Å². The molecule has 0 amide bonds. The van der Waals surface area contributed by atoms with Crippen molar-refractivity contribution in [3.8, 4) is 0 Å². The zero-order valence-corrected chi connectivity index (χ0v) is 17.3. The SMILES string of the molecule is CCCCC1CCC(CNC(=NC)N2CCC(COCCOC)C2)CC1. The van der Waals surface area contributed by atoms with Crippen LogP contribution >= 0.6 is 0 Å². The fourth-order valence-electron chi connectivity index (χ4n) is 4.34. The molecule has 0 spiro atoms. The summed E-state index contributed by atoms with van der Waals surface area (Å²) in [5.74, 6) is 3.50. The van der Waals surface area contributed by atoms with Crippen molar-refractivity contribution in [3.05, 3.63) is 0 Å². The number of likely N-dealkylation sites (tertiary alicyclic amines) is 1. The van der Waals surface area contributed by atoms with Gasteiger partial charge in [-0.1, -0.05) is 39.0 Å². The monoisotopic (exact) mass is 367 g/mol. The molecule has 1 N–H and O–H groups in total. The van der Waals surface area contributed by atoms with E-state index in [-0.39, 0.29) is 0 Å². The number of hydrogen-bond acceptors (Lipinski definition) is 3. The number of aliphatic imine (C=N–C) groups is 1. The van der Waals surface area contributed by atoms with Gasteiger partial charge in [0, 0.05) is 39.7 Å². The molecule has 1 aliphatic carbocycles. The number of nitrogens with one attached hydrogen (secondary N) is 1. The number of hydrogen-bond donors (Lipinski definition) is 1. The molecule has 26 heavy (non-hydrogen) atoms. The maximum atomic E-state index is 5.70. The normalized spacial score (nSPS) is 27.1. The predicted molar refractivity (Wildman–Crippen MR) is 109 cm³/mol. The van der Waals surface area contributed by atoms with Crippen LogP contribution < -0.4 is 5.32 Å². The van der Waals surface area contributed by atoms with Crippen molar-refractivity contribution in [1.29, 1.82) is 0 Å². The number of rotatable bonds is 10. The number of methoxy groups -OCH3 is 1. The maximum Gasteiger partial charge on any atom is 0.193 e. The highest BCUT2D eigenvalue weighted by Crippen LogP contribution is 2.31. The van der Waals surface area contributed by atoms with Crippen molar-refractivity contribution in [1.82, 2.24) is 10.2 Å².